The lowest BCUT2D eigenvalue weighted by atomic mass is 10.1. The van der Waals surface area contributed by atoms with Crippen molar-refractivity contribution in [3.05, 3.63) is 71.9 Å². The molecule has 0 radical (unpaired) electrons. The van der Waals surface area contributed by atoms with E-state index in [0.717, 1.165) is 23.4 Å². The van der Waals surface area contributed by atoms with Crippen molar-refractivity contribution in [3.8, 4) is 11.3 Å². The fourth-order valence-corrected chi connectivity index (χ4v) is 3.32. The number of hydrogen-bond acceptors (Lipinski definition) is 3. The maximum Gasteiger partial charge on any atom is 0.416 e. The topological polar surface area (TPSA) is 51.0 Å². The molecule has 4 rings (SSSR count). The van der Waals surface area contributed by atoms with Crippen LogP contribution in [0.2, 0.25) is 0 Å². The number of rotatable bonds is 3. The molecule has 144 valence electrons. The highest BCUT2D eigenvalue weighted by Gasteiger charge is 2.32. The molecule has 8 heteroatoms. The fourth-order valence-electron chi connectivity index (χ4n) is 3.32. The summed E-state index contributed by atoms with van der Waals surface area (Å²) in [6, 6.07) is 14.0. The lowest BCUT2D eigenvalue weighted by Crippen LogP contribution is -2.29. The number of carbonyl (C=O) groups is 1. The van der Waals surface area contributed by atoms with E-state index in [4.69, 9.17) is 0 Å². The normalized spacial score (nSPS) is 17.1. The van der Waals surface area contributed by atoms with E-state index < -0.39 is 11.7 Å². The zero-order chi connectivity index (χ0) is 19.7. The van der Waals surface area contributed by atoms with Gasteiger partial charge in [0.05, 0.1) is 17.8 Å². The Labute approximate surface area is 159 Å². The number of halogens is 3. The maximum atomic E-state index is 12.7. The molecule has 1 fully saturated rings. The standard InChI is InChI=1S/C20H17F3N4O/c21-20(22,23)16-8-6-15(7-9-16)19(28)26-11-10-17(12-26)27-13-18(24-25-27)14-4-2-1-3-5-14/h1-9,13,17H,10-12H2. The van der Waals surface area contributed by atoms with E-state index in [2.05, 4.69) is 10.3 Å². The predicted octanol–water partition coefficient (Wildman–Crippen LogP) is 4.05. The molecular weight excluding hydrogens is 369 g/mol. The van der Waals surface area contributed by atoms with Crippen LogP contribution in [-0.4, -0.2) is 38.9 Å². The first-order valence-corrected chi connectivity index (χ1v) is 8.85. The molecule has 1 atom stereocenters. The summed E-state index contributed by atoms with van der Waals surface area (Å²) in [5, 5.41) is 8.38. The molecule has 1 saturated heterocycles. The van der Waals surface area contributed by atoms with Crippen molar-refractivity contribution in [2.45, 2.75) is 18.6 Å². The molecule has 1 unspecified atom stereocenters. The summed E-state index contributed by atoms with van der Waals surface area (Å²) in [4.78, 5) is 14.2. The molecule has 5 nitrogen and oxygen atoms in total. The number of benzene rings is 2. The highest BCUT2D eigenvalue weighted by Crippen LogP contribution is 2.30. The molecule has 28 heavy (non-hydrogen) atoms. The highest BCUT2D eigenvalue weighted by atomic mass is 19.4. The van der Waals surface area contributed by atoms with Crippen LogP contribution in [0.15, 0.2) is 60.8 Å². The summed E-state index contributed by atoms with van der Waals surface area (Å²) in [7, 11) is 0. The van der Waals surface area contributed by atoms with Crippen molar-refractivity contribution >= 4 is 5.91 Å². The lowest BCUT2D eigenvalue weighted by molar-refractivity contribution is -0.137. The van der Waals surface area contributed by atoms with Gasteiger partial charge in [-0.05, 0) is 30.7 Å². The van der Waals surface area contributed by atoms with Crippen molar-refractivity contribution in [2.75, 3.05) is 13.1 Å². The summed E-state index contributed by atoms with van der Waals surface area (Å²) in [5.41, 5.74) is 1.20. The minimum atomic E-state index is -4.41. The van der Waals surface area contributed by atoms with Gasteiger partial charge in [-0.15, -0.1) is 5.10 Å². The maximum absolute atomic E-state index is 12.7. The van der Waals surface area contributed by atoms with Crippen molar-refractivity contribution in [1.82, 2.24) is 19.9 Å². The first-order valence-electron chi connectivity index (χ1n) is 8.85. The van der Waals surface area contributed by atoms with Gasteiger partial charge in [0.15, 0.2) is 0 Å². The highest BCUT2D eigenvalue weighted by molar-refractivity contribution is 5.94. The SMILES string of the molecule is O=C(c1ccc(C(F)(F)F)cc1)N1CCC(n2cc(-c3ccccc3)nn2)C1. The molecule has 1 aliphatic rings. The van der Waals surface area contributed by atoms with Gasteiger partial charge in [0.2, 0.25) is 0 Å². The van der Waals surface area contributed by atoms with Crippen molar-refractivity contribution in [3.63, 3.8) is 0 Å². The average molecular weight is 386 g/mol. The van der Waals surface area contributed by atoms with Crippen molar-refractivity contribution in [1.29, 1.82) is 0 Å². The van der Waals surface area contributed by atoms with Gasteiger partial charge in [-0.1, -0.05) is 35.5 Å². The molecule has 2 aromatic carbocycles. The van der Waals surface area contributed by atoms with E-state index in [0.29, 0.717) is 19.5 Å². The summed E-state index contributed by atoms with van der Waals surface area (Å²) in [6.45, 7) is 0.961. The fraction of sp³-hybridized carbons (Fsp3) is 0.250. The second-order valence-corrected chi connectivity index (χ2v) is 6.72. The molecule has 1 aliphatic heterocycles. The Morgan fingerprint density at radius 3 is 2.43 bits per heavy atom. The van der Waals surface area contributed by atoms with Crippen LogP contribution < -0.4 is 0 Å². The second-order valence-electron chi connectivity index (χ2n) is 6.72. The van der Waals surface area contributed by atoms with Gasteiger partial charge in [0.1, 0.15) is 5.69 Å². The molecule has 0 saturated carbocycles. The zero-order valence-electron chi connectivity index (χ0n) is 14.8. The third kappa shape index (κ3) is 3.62. The Hall–Kier alpha value is -3.16. The van der Waals surface area contributed by atoms with Gasteiger partial charge in [-0.25, -0.2) is 4.68 Å². The molecule has 1 amide bonds. The van der Waals surface area contributed by atoms with E-state index in [-0.39, 0.29) is 17.5 Å². The van der Waals surface area contributed by atoms with Gasteiger partial charge in [-0.2, -0.15) is 13.2 Å². The molecule has 0 spiro atoms. The molecule has 0 bridgehead atoms. The van der Waals surface area contributed by atoms with Gasteiger partial charge < -0.3 is 4.90 Å². The Morgan fingerprint density at radius 1 is 1.04 bits per heavy atom. The van der Waals surface area contributed by atoms with E-state index in [9.17, 15) is 18.0 Å². The number of nitrogens with zero attached hydrogens (tertiary/aromatic N) is 4. The van der Waals surface area contributed by atoms with Crippen LogP contribution in [0.3, 0.4) is 0 Å². The number of carbonyl (C=O) groups excluding carboxylic acids is 1. The molecule has 0 N–H and O–H groups in total. The third-order valence-electron chi connectivity index (χ3n) is 4.86. The predicted molar refractivity (Wildman–Crippen MR) is 96.5 cm³/mol. The van der Waals surface area contributed by atoms with Crippen LogP contribution in [0.5, 0.6) is 0 Å². The van der Waals surface area contributed by atoms with Gasteiger partial charge in [0.25, 0.3) is 5.91 Å². The van der Waals surface area contributed by atoms with Crippen LogP contribution in [0, 0.1) is 0 Å². The summed E-state index contributed by atoms with van der Waals surface area (Å²) in [5.74, 6) is -0.278. The Morgan fingerprint density at radius 2 is 1.75 bits per heavy atom. The van der Waals surface area contributed by atoms with Crippen LogP contribution in [0.25, 0.3) is 11.3 Å². The van der Waals surface area contributed by atoms with Gasteiger partial charge in [-0.3, -0.25) is 4.79 Å². The molecule has 0 aliphatic carbocycles. The zero-order valence-corrected chi connectivity index (χ0v) is 14.8. The number of alkyl halides is 3. The van der Waals surface area contributed by atoms with E-state index in [1.54, 1.807) is 9.58 Å². The number of amides is 1. The Bertz CT molecular complexity index is 967. The first-order chi connectivity index (χ1) is 13.4. The van der Waals surface area contributed by atoms with E-state index in [1.807, 2.05) is 36.5 Å². The summed E-state index contributed by atoms with van der Waals surface area (Å²) >= 11 is 0. The summed E-state index contributed by atoms with van der Waals surface area (Å²) in [6.07, 6.45) is -1.85. The molecule has 1 aromatic heterocycles. The van der Waals surface area contributed by atoms with Crippen LogP contribution in [0.1, 0.15) is 28.4 Å². The number of hydrogen-bond donors (Lipinski definition) is 0. The summed E-state index contributed by atoms with van der Waals surface area (Å²) < 4.78 is 39.8. The van der Waals surface area contributed by atoms with E-state index >= 15 is 0 Å². The van der Waals surface area contributed by atoms with Crippen LogP contribution in [-0.2, 0) is 6.18 Å². The lowest BCUT2D eigenvalue weighted by Gasteiger charge is -2.17. The largest absolute Gasteiger partial charge is 0.416 e. The smallest absolute Gasteiger partial charge is 0.336 e. The quantitative estimate of drug-likeness (QED) is 0.682. The average Bonchev–Trinajstić information content (AvgIpc) is 3.37. The monoisotopic (exact) mass is 386 g/mol. The first kappa shape index (κ1) is 18.2. The number of likely N-dealkylation sites (tertiary alicyclic amines) is 1. The van der Waals surface area contributed by atoms with Crippen molar-refractivity contribution in [2.24, 2.45) is 0 Å². The third-order valence-corrected chi connectivity index (χ3v) is 4.86. The second kappa shape index (κ2) is 7.10. The van der Waals surface area contributed by atoms with Gasteiger partial charge in [0, 0.05) is 24.2 Å². The Kier molecular flexibility index (Phi) is 4.62. The molecule has 2 heterocycles. The minimum Gasteiger partial charge on any atom is -0.336 e. The minimum absolute atomic E-state index is 0.0108. The number of aromatic nitrogens is 3. The molecule has 3 aromatic rings. The van der Waals surface area contributed by atoms with Crippen LogP contribution in [0.4, 0.5) is 13.2 Å². The van der Waals surface area contributed by atoms with E-state index in [1.165, 1.54) is 12.1 Å². The van der Waals surface area contributed by atoms with Crippen molar-refractivity contribution < 1.29 is 18.0 Å². The molecular formula is C20H17F3N4O. The van der Waals surface area contributed by atoms with Crippen LogP contribution >= 0.6 is 0 Å². The van der Waals surface area contributed by atoms with Gasteiger partial charge >= 0.3 is 6.18 Å². The Balaban J connectivity index is 1.44.